The Morgan fingerprint density at radius 1 is 1.27 bits per heavy atom. The molecule has 0 amide bonds. The van der Waals surface area contributed by atoms with Crippen molar-refractivity contribution in [2.45, 2.75) is 6.92 Å². The van der Waals surface area contributed by atoms with Gasteiger partial charge in [0.25, 0.3) is 0 Å². The minimum Gasteiger partial charge on any atom is -0.506 e. The molecule has 0 saturated carbocycles. The molecule has 0 aliphatic heterocycles. The van der Waals surface area contributed by atoms with E-state index in [2.05, 4.69) is 0 Å². The number of hydrogen-bond acceptors (Lipinski definition) is 4. The summed E-state index contributed by atoms with van der Waals surface area (Å²) in [4.78, 5) is 11.2. The molecule has 0 saturated heterocycles. The van der Waals surface area contributed by atoms with E-state index in [1.807, 2.05) is 0 Å². The first kappa shape index (κ1) is 8.20. The number of thioether (sulfide) groups is 1. The quantitative estimate of drug-likeness (QED) is 0.629. The Morgan fingerprint density at radius 2 is 1.82 bits per heavy atom. The van der Waals surface area contributed by atoms with Crippen molar-refractivity contribution in [1.29, 1.82) is 0 Å². The largest absolute Gasteiger partial charge is 0.506 e. The van der Waals surface area contributed by atoms with Crippen molar-refractivity contribution in [3.05, 3.63) is 22.0 Å². The van der Waals surface area contributed by atoms with Crippen LogP contribution in [0.4, 0.5) is 0 Å². The van der Waals surface area contributed by atoms with E-state index in [0.29, 0.717) is 0 Å². The summed E-state index contributed by atoms with van der Waals surface area (Å²) < 4.78 is 0. The standard InChI is InChI=1S/C7H8O3S/c1-3-4(8)6(10)7(11-2)5(3)9/h9H,1-2H3,(H,8,10). The average Bonchev–Trinajstić information content (AvgIpc) is 2.17. The zero-order chi connectivity index (χ0) is 8.59. The highest BCUT2D eigenvalue weighted by molar-refractivity contribution is 8.03. The van der Waals surface area contributed by atoms with Gasteiger partial charge >= 0.3 is 0 Å². The first-order chi connectivity index (χ1) is 5.09. The van der Waals surface area contributed by atoms with Crippen LogP contribution in [0.2, 0.25) is 0 Å². The van der Waals surface area contributed by atoms with Crippen molar-refractivity contribution in [2.75, 3.05) is 6.26 Å². The van der Waals surface area contributed by atoms with E-state index in [1.165, 1.54) is 6.92 Å². The van der Waals surface area contributed by atoms with Crippen LogP contribution < -0.4 is 0 Å². The van der Waals surface area contributed by atoms with Crippen LogP contribution in [0.5, 0.6) is 0 Å². The molecule has 0 spiro atoms. The van der Waals surface area contributed by atoms with Gasteiger partial charge in [0.15, 0.2) is 5.76 Å². The Bertz CT molecular complexity index is 275. The molecule has 0 aromatic rings. The van der Waals surface area contributed by atoms with Gasteiger partial charge in [0, 0.05) is 5.57 Å². The topological polar surface area (TPSA) is 57.5 Å². The molecule has 0 radical (unpaired) electrons. The van der Waals surface area contributed by atoms with Crippen LogP contribution in [0.25, 0.3) is 0 Å². The summed E-state index contributed by atoms with van der Waals surface area (Å²) in [5.41, 5.74) is 0.263. The van der Waals surface area contributed by atoms with Gasteiger partial charge in [-0.15, -0.1) is 11.8 Å². The summed E-state index contributed by atoms with van der Waals surface area (Å²) in [6, 6.07) is 0. The van der Waals surface area contributed by atoms with Gasteiger partial charge in [-0.3, -0.25) is 4.79 Å². The fourth-order valence-electron chi connectivity index (χ4n) is 0.857. The Kier molecular flexibility index (Phi) is 1.95. The number of ketones is 1. The Morgan fingerprint density at radius 3 is 2.00 bits per heavy atom. The number of carbonyl (C=O) groups excluding carboxylic acids is 1. The maximum absolute atomic E-state index is 11.0. The third-order valence-electron chi connectivity index (χ3n) is 1.55. The van der Waals surface area contributed by atoms with Crippen LogP contribution in [0.1, 0.15) is 6.92 Å². The van der Waals surface area contributed by atoms with Gasteiger partial charge in [-0.1, -0.05) is 0 Å². The van der Waals surface area contributed by atoms with E-state index in [4.69, 9.17) is 5.11 Å². The minimum atomic E-state index is -0.479. The Labute approximate surface area is 68.4 Å². The molecule has 0 aromatic carbocycles. The predicted octanol–water partition coefficient (Wildman–Crippen LogP) is 1.53. The SMILES string of the molecule is CSC1=C(O)C(C)=C(O)C1=O. The summed E-state index contributed by atoms with van der Waals surface area (Å²) in [6.45, 7) is 1.51. The third-order valence-corrected chi connectivity index (χ3v) is 2.34. The van der Waals surface area contributed by atoms with Crippen molar-refractivity contribution < 1.29 is 15.0 Å². The van der Waals surface area contributed by atoms with Gasteiger partial charge in [0.05, 0.1) is 0 Å². The molecule has 2 N–H and O–H groups in total. The number of Topliss-reactive ketones (excluding diaryl/α,β-unsaturated/α-hetero) is 1. The molecule has 1 aliphatic rings. The second kappa shape index (κ2) is 2.62. The molecular weight excluding hydrogens is 164 g/mol. The van der Waals surface area contributed by atoms with E-state index in [0.717, 1.165) is 11.8 Å². The monoisotopic (exact) mass is 172 g/mol. The van der Waals surface area contributed by atoms with Crippen LogP contribution in [0.15, 0.2) is 22.0 Å². The van der Waals surface area contributed by atoms with Gasteiger partial charge in [-0.25, -0.2) is 0 Å². The van der Waals surface area contributed by atoms with E-state index in [-0.39, 0.29) is 22.0 Å². The normalized spacial score (nSPS) is 18.5. The van der Waals surface area contributed by atoms with Gasteiger partial charge in [0.1, 0.15) is 10.7 Å². The summed E-state index contributed by atoms with van der Waals surface area (Å²) in [7, 11) is 0. The zero-order valence-corrected chi connectivity index (χ0v) is 7.03. The summed E-state index contributed by atoms with van der Waals surface area (Å²) in [6.07, 6.45) is 1.68. The lowest BCUT2D eigenvalue weighted by Gasteiger charge is -1.94. The maximum Gasteiger partial charge on any atom is 0.237 e. The van der Waals surface area contributed by atoms with Crippen LogP contribution in [0, 0.1) is 0 Å². The smallest absolute Gasteiger partial charge is 0.237 e. The highest BCUT2D eigenvalue weighted by Gasteiger charge is 2.29. The number of carbonyl (C=O) groups is 1. The van der Waals surface area contributed by atoms with E-state index in [1.54, 1.807) is 6.26 Å². The highest BCUT2D eigenvalue weighted by Crippen LogP contribution is 2.31. The molecule has 0 fully saturated rings. The molecule has 4 heteroatoms. The van der Waals surface area contributed by atoms with Crippen molar-refractivity contribution in [2.24, 2.45) is 0 Å². The Balaban J connectivity index is 3.15. The number of aliphatic hydroxyl groups excluding tert-OH is 2. The number of aliphatic hydroxyl groups is 2. The Hall–Kier alpha value is -0.900. The molecular formula is C7H8O3S. The molecule has 1 aliphatic carbocycles. The second-order valence-corrected chi connectivity index (χ2v) is 3.00. The minimum absolute atomic E-state index is 0.0972. The van der Waals surface area contributed by atoms with Crippen molar-refractivity contribution >= 4 is 17.5 Å². The molecule has 0 atom stereocenters. The molecule has 0 bridgehead atoms. The van der Waals surface area contributed by atoms with Crippen LogP contribution in [-0.2, 0) is 4.79 Å². The van der Waals surface area contributed by atoms with Gasteiger partial charge in [-0.05, 0) is 13.2 Å². The first-order valence-corrected chi connectivity index (χ1v) is 4.24. The van der Waals surface area contributed by atoms with Crippen molar-refractivity contribution in [1.82, 2.24) is 0 Å². The summed E-state index contributed by atoms with van der Waals surface area (Å²) >= 11 is 1.13. The predicted molar refractivity (Wildman–Crippen MR) is 43.5 cm³/mol. The molecule has 0 unspecified atom stereocenters. The third kappa shape index (κ3) is 1.03. The number of rotatable bonds is 1. The molecule has 0 aromatic heterocycles. The van der Waals surface area contributed by atoms with E-state index < -0.39 is 5.78 Å². The highest BCUT2D eigenvalue weighted by atomic mass is 32.2. The van der Waals surface area contributed by atoms with Gasteiger partial charge < -0.3 is 10.2 Å². The fraction of sp³-hybridized carbons (Fsp3) is 0.286. The molecule has 0 heterocycles. The summed E-state index contributed by atoms with van der Waals surface area (Å²) in [5, 5.41) is 18.3. The maximum atomic E-state index is 11.0. The summed E-state index contributed by atoms with van der Waals surface area (Å²) in [5.74, 6) is -0.917. The zero-order valence-electron chi connectivity index (χ0n) is 6.21. The fourth-order valence-corrected chi connectivity index (χ4v) is 1.49. The van der Waals surface area contributed by atoms with E-state index in [9.17, 15) is 9.90 Å². The lowest BCUT2D eigenvalue weighted by atomic mass is 10.3. The molecule has 1 rings (SSSR count). The van der Waals surface area contributed by atoms with Crippen LogP contribution in [-0.4, -0.2) is 22.3 Å². The lowest BCUT2D eigenvalue weighted by Crippen LogP contribution is -1.98. The number of hydrogen-bond donors (Lipinski definition) is 2. The van der Waals surface area contributed by atoms with E-state index >= 15 is 0 Å². The van der Waals surface area contributed by atoms with Gasteiger partial charge in [-0.2, -0.15) is 0 Å². The molecule has 11 heavy (non-hydrogen) atoms. The molecule has 3 nitrogen and oxygen atoms in total. The first-order valence-electron chi connectivity index (χ1n) is 3.01. The van der Waals surface area contributed by atoms with Crippen LogP contribution in [0.3, 0.4) is 0 Å². The second-order valence-electron chi connectivity index (χ2n) is 2.18. The number of allylic oxidation sites excluding steroid dienone is 2. The van der Waals surface area contributed by atoms with Gasteiger partial charge in [0.2, 0.25) is 5.78 Å². The lowest BCUT2D eigenvalue weighted by molar-refractivity contribution is -0.113. The van der Waals surface area contributed by atoms with Crippen molar-refractivity contribution in [3.8, 4) is 0 Å². The van der Waals surface area contributed by atoms with Crippen molar-refractivity contribution in [3.63, 3.8) is 0 Å². The average molecular weight is 172 g/mol. The van der Waals surface area contributed by atoms with Crippen LogP contribution >= 0.6 is 11.8 Å². The molecule has 60 valence electrons.